The van der Waals surface area contributed by atoms with E-state index in [1.54, 1.807) is 0 Å². The lowest BCUT2D eigenvalue weighted by atomic mass is 9.98. The minimum Gasteiger partial charge on any atom is -0.207 e. The van der Waals surface area contributed by atoms with Crippen molar-refractivity contribution < 1.29 is 17.6 Å². The Hall–Kier alpha value is -1.26. The first kappa shape index (κ1) is 16.1. The summed E-state index contributed by atoms with van der Waals surface area (Å²) in [6.45, 7) is 0. The van der Waals surface area contributed by atoms with Crippen molar-refractivity contribution in [3.63, 3.8) is 0 Å². The van der Waals surface area contributed by atoms with Crippen molar-refractivity contribution in [3.8, 4) is 0 Å². The third-order valence-electron chi connectivity index (χ3n) is 3.05. The third-order valence-corrected chi connectivity index (χ3v) is 3.79. The molecule has 0 amide bonds. The van der Waals surface area contributed by atoms with E-state index in [1.807, 2.05) is 0 Å². The van der Waals surface area contributed by atoms with Crippen LogP contribution in [-0.4, -0.2) is 0 Å². The summed E-state index contributed by atoms with van der Waals surface area (Å²) in [5.41, 5.74) is -0.806. The van der Waals surface area contributed by atoms with Gasteiger partial charge < -0.3 is 0 Å². The lowest BCUT2D eigenvalue weighted by Crippen LogP contribution is -2.11. The van der Waals surface area contributed by atoms with Crippen molar-refractivity contribution in [1.82, 2.24) is 0 Å². The predicted octanol–water partition coefficient (Wildman–Crippen LogP) is 6.02. The molecule has 0 N–H and O–H groups in total. The fourth-order valence-electron chi connectivity index (χ4n) is 2.04. The van der Waals surface area contributed by atoms with Crippen molar-refractivity contribution in [1.29, 1.82) is 0 Å². The normalized spacial score (nSPS) is 13.2. The van der Waals surface area contributed by atoms with Crippen LogP contribution in [0.15, 0.2) is 42.5 Å². The summed E-state index contributed by atoms with van der Waals surface area (Å²) in [6.07, 6.45) is -4.64. The minimum atomic E-state index is -4.51. The Labute approximate surface area is 129 Å². The lowest BCUT2D eigenvalue weighted by Gasteiger charge is -2.17. The average Bonchev–Trinajstić information content (AvgIpc) is 2.42. The molecule has 21 heavy (non-hydrogen) atoms. The molecule has 0 aliphatic carbocycles. The summed E-state index contributed by atoms with van der Waals surface area (Å²) in [5, 5.41) is -0.887. The van der Waals surface area contributed by atoms with Crippen LogP contribution in [0.2, 0.25) is 5.02 Å². The average molecular weight is 337 g/mol. The molecule has 0 nitrogen and oxygen atoms in total. The summed E-state index contributed by atoms with van der Waals surface area (Å²) in [5.74, 6) is -0.586. The second-order valence-corrected chi connectivity index (χ2v) is 5.39. The number of halogens is 6. The highest BCUT2D eigenvalue weighted by Crippen LogP contribution is 2.38. The zero-order valence-corrected chi connectivity index (χ0v) is 12.1. The van der Waals surface area contributed by atoms with Gasteiger partial charge in [0.2, 0.25) is 0 Å². The standard InChI is InChI=1S/C15H10Cl2F4/c16-12-6-3-7-14(18)10(12)8-13(17)9-4-1-2-5-11(9)15(19,20)21/h1-7,13H,8H2. The molecule has 2 aromatic rings. The van der Waals surface area contributed by atoms with Gasteiger partial charge in [0.15, 0.2) is 0 Å². The van der Waals surface area contributed by atoms with Gasteiger partial charge in [0, 0.05) is 10.6 Å². The van der Waals surface area contributed by atoms with Crippen LogP contribution in [-0.2, 0) is 12.6 Å². The van der Waals surface area contributed by atoms with Crippen LogP contribution in [0, 0.1) is 5.82 Å². The highest BCUT2D eigenvalue weighted by Gasteiger charge is 2.34. The summed E-state index contributed by atoms with van der Waals surface area (Å²) in [4.78, 5) is 0. The molecule has 0 fully saturated rings. The van der Waals surface area contributed by atoms with E-state index in [4.69, 9.17) is 23.2 Å². The maximum absolute atomic E-state index is 13.7. The van der Waals surface area contributed by atoms with E-state index in [2.05, 4.69) is 0 Å². The summed E-state index contributed by atoms with van der Waals surface area (Å²) in [7, 11) is 0. The van der Waals surface area contributed by atoms with Gasteiger partial charge in [0.05, 0.1) is 10.9 Å². The number of rotatable bonds is 3. The second-order valence-electron chi connectivity index (χ2n) is 4.46. The maximum Gasteiger partial charge on any atom is 0.416 e. The van der Waals surface area contributed by atoms with Crippen LogP contribution in [0.1, 0.15) is 22.1 Å². The Morgan fingerprint density at radius 1 is 1.00 bits per heavy atom. The molecule has 2 aromatic carbocycles. The Kier molecular flexibility index (Phi) is 4.79. The number of hydrogen-bond acceptors (Lipinski definition) is 0. The molecule has 0 bridgehead atoms. The van der Waals surface area contributed by atoms with Gasteiger partial charge in [0.1, 0.15) is 5.82 Å². The highest BCUT2D eigenvalue weighted by atomic mass is 35.5. The Balaban J connectivity index is 2.36. The molecule has 0 aromatic heterocycles. The van der Waals surface area contributed by atoms with E-state index >= 15 is 0 Å². The molecule has 2 rings (SSSR count). The largest absolute Gasteiger partial charge is 0.416 e. The van der Waals surface area contributed by atoms with E-state index in [9.17, 15) is 17.6 Å². The first-order chi connectivity index (χ1) is 9.80. The highest BCUT2D eigenvalue weighted by molar-refractivity contribution is 6.31. The fraction of sp³-hybridized carbons (Fsp3) is 0.200. The summed E-state index contributed by atoms with van der Waals surface area (Å²) in [6, 6.07) is 9.08. The van der Waals surface area contributed by atoms with Gasteiger partial charge >= 0.3 is 6.18 Å². The SMILES string of the molecule is Fc1cccc(Cl)c1CC(Cl)c1ccccc1C(F)(F)F. The maximum atomic E-state index is 13.7. The van der Waals surface area contributed by atoms with E-state index in [-0.39, 0.29) is 22.6 Å². The zero-order chi connectivity index (χ0) is 15.6. The Morgan fingerprint density at radius 2 is 1.67 bits per heavy atom. The van der Waals surface area contributed by atoms with Crippen LogP contribution >= 0.6 is 23.2 Å². The number of benzene rings is 2. The van der Waals surface area contributed by atoms with E-state index in [0.717, 1.165) is 6.07 Å². The van der Waals surface area contributed by atoms with Crippen LogP contribution in [0.4, 0.5) is 17.6 Å². The molecule has 0 saturated carbocycles. The van der Waals surface area contributed by atoms with Crippen molar-refractivity contribution in [2.45, 2.75) is 18.0 Å². The first-order valence-corrected chi connectivity index (χ1v) is 6.85. The molecule has 0 spiro atoms. The molecule has 0 aliphatic heterocycles. The fourth-order valence-corrected chi connectivity index (χ4v) is 2.63. The molecule has 0 saturated heterocycles. The van der Waals surface area contributed by atoms with Gasteiger partial charge in [-0.2, -0.15) is 13.2 Å². The monoisotopic (exact) mass is 336 g/mol. The predicted molar refractivity (Wildman–Crippen MR) is 75.2 cm³/mol. The van der Waals surface area contributed by atoms with Gasteiger partial charge in [-0.25, -0.2) is 4.39 Å². The van der Waals surface area contributed by atoms with Crippen molar-refractivity contribution in [2.75, 3.05) is 0 Å². The molecule has 112 valence electrons. The third kappa shape index (κ3) is 3.69. The Bertz CT molecular complexity index is 618. The van der Waals surface area contributed by atoms with Crippen molar-refractivity contribution in [3.05, 3.63) is 70.0 Å². The minimum absolute atomic E-state index is 0.0917. The van der Waals surface area contributed by atoms with Crippen molar-refractivity contribution in [2.24, 2.45) is 0 Å². The topological polar surface area (TPSA) is 0 Å². The van der Waals surface area contributed by atoms with Gasteiger partial charge in [-0.05, 0) is 30.2 Å². The smallest absolute Gasteiger partial charge is 0.207 e. The van der Waals surface area contributed by atoms with Crippen molar-refractivity contribution >= 4 is 23.2 Å². The number of hydrogen-bond donors (Lipinski definition) is 0. The first-order valence-electron chi connectivity index (χ1n) is 6.03. The lowest BCUT2D eigenvalue weighted by molar-refractivity contribution is -0.138. The van der Waals surface area contributed by atoms with E-state index < -0.39 is 22.9 Å². The molecule has 6 heteroatoms. The van der Waals surface area contributed by atoms with E-state index in [0.29, 0.717) is 0 Å². The number of alkyl halides is 4. The summed E-state index contributed by atoms with van der Waals surface area (Å²) < 4.78 is 52.5. The summed E-state index contributed by atoms with van der Waals surface area (Å²) >= 11 is 11.9. The molecule has 0 aliphatic rings. The second kappa shape index (κ2) is 6.24. The molecule has 1 atom stereocenters. The molecule has 0 radical (unpaired) electrons. The quantitative estimate of drug-likeness (QED) is 0.474. The van der Waals surface area contributed by atoms with Gasteiger partial charge in [-0.1, -0.05) is 35.9 Å². The molecule has 0 heterocycles. The Morgan fingerprint density at radius 3 is 2.29 bits per heavy atom. The molecule has 1 unspecified atom stereocenters. The van der Waals surface area contributed by atoms with Gasteiger partial charge in [-0.3, -0.25) is 0 Å². The van der Waals surface area contributed by atoms with Crippen LogP contribution in [0.3, 0.4) is 0 Å². The molecular weight excluding hydrogens is 327 g/mol. The zero-order valence-electron chi connectivity index (χ0n) is 10.6. The van der Waals surface area contributed by atoms with Gasteiger partial charge in [0.25, 0.3) is 0 Å². The van der Waals surface area contributed by atoms with E-state index in [1.165, 1.54) is 36.4 Å². The molecular formula is C15H10Cl2F4. The van der Waals surface area contributed by atoms with Crippen LogP contribution < -0.4 is 0 Å². The van der Waals surface area contributed by atoms with Gasteiger partial charge in [-0.15, -0.1) is 11.6 Å². The van der Waals surface area contributed by atoms with Crippen LogP contribution in [0.25, 0.3) is 0 Å². The van der Waals surface area contributed by atoms with Crippen LogP contribution in [0.5, 0.6) is 0 Å².